The quantitative estimate of drug-likeness (QED) is 0.145. The van der Waals surface area contributed by atoms with Gasteiger partial charge in [0.05, 0.1) is 34.1 Å². The Hall–Kier alpha value is -8.28. The van der Waals surface area contributed by atoms with E-state index in [1.54, 1.807) is 0 Å². The van der Waals surface area contributed by atoms with Crippen molar-refractivity contribution in [3.05, 3.63) is 235 Å². The van der Waals surface area contributed by atoms with E-state index in [1.807, 2.05) is 12.4 Å². The number of benzene rings is 8. The molecule has 0 radical (unpaired) electrons. The topological polar surface area (TPSA) is 35.5 Å². The Morgan fingerprint density at radius 1 is 0.354 bits per heavy atom. The maximum absolute atomic E-state index is 5.17. The molecule has 0 saturated heterocycles. The molecule has 0 amide bonds. The van der Waals surface area contributed by atoms with Gasteiger partial charge in [-0.3, -0.25) is 9.80 Å². The van der Waals surface area contributed by atoms with Crippen LogP contribution in [0.25, 0.3) is 44.2 Å². The lowest BCUT2D eigenvalue weighted by atomic mass is 9.86. The molecule has 1 aliphatic heterocycles. The molecule has 312 valence electrons. The zero-order chi connectivity index (χ0) is 44.0. The van der Waals surface area contributed by atoms with Crippen molar-refractivity contribution in [1.82, 2.24) is 9.97 Å². The summed E-state index contributed by atoms with van der Waals surface area (Å²) in [4.78, 5) is 17.3. The Bertz CT molecular complexity index is 3290. The first kappa shape index (κ1) is 39.6. The molecule has 8 aromatic carbocycles. The lowest BCUT2D eigenvalue weighted by molar-refractivity contribution is 1.15. The van der Waals surface area contributed by atoms with E-state index in [-0.39, 0.29) is 0 Å². The van der Waals surface area contributed by atoms with E-state index in [9.17, 15) is 0 Å². The minimum atomic E-state index is 0.873. The van der Waals surface area contributed by atoms with Gasteiger partial charge in [-0.15, -0.1) is 0 Å². The van der Waals surface area contributed by atoms with Crippen molar-refractivity contribution in [1.29, 1.82) is 0 Å². The Balaban J connectivity index is 0.998. The number of aromatic nitrogens is 2. The standard InChI is InChI=1S/C60H47N5/c1-40-17-8-12-24-52(40)64(53-25-13-9-18-41(53)2)58-35-30-45(38-61-58)44-29-32-49-51-34-33-48(50-23-16-28-56(60(50)51)63(57(49)37-44)47-21-6-5-7-22-47)46-31-36-59(62-39-46)65(54-26-14-10-19-42(54)3)55-27-15-11-20-43(55)4/h5-39H,1-4H3. The minimum Gasteiger partial charge on any atom is -0.309 e. The molecule has 0 fully saturated rings. The first-order chi connectivity index (χ1) is 31.9. The van der Waals surface area contributed by atoms with Gasteiger partial charge < -0.3 is 4.90 Å². The van der Waals surface area contributed by atoms with Crippen LogP contribution in [0, 0.1) is 27.7 Å². The van der Waals surface area contributed by atoms with Crippen molar-refractivity contribution < 1.29 is 0 Å². The average Bonchev–Trinajstić information content (AvgIpc) is 3.35. The van der Waals surface area contributed by atoms with Crippen molar-refractivity contribution in [2.75, 3.05) is 14.7 Å². The van der Waals surface area contributed by atoms with Crippen LogP contribution in [0.2, 0.25) is 0 Å². The van der Waals surface area contributed by atoms with E-state index in [1.165, 1.54) is 44.2 Å². The highest BCUT2D eigenvalue weighted by molar-refractivity contribution is 6.17. The van der Waals surface area contributed by atoms with E-state index in [0.717, 1.165) is 73.7 Å². The lowest BCUT2D eigenvalue weighted by Gasteiger charge is -2.34. The van der Waals surface area contributed by atoms with Gasteiger partial charge in [0.15, 0.2) is 0 Å². The summed E-state index contributed by atoms with van der Waals surface area (Å²) in [6.45, 7) is 8.62. The molecule has 10 aromatic rings. The van der Waals surface area contributed by atoms with Crippen molar-refractivity contribution in [2.24, 2.45) is 0 Å². The monoisotopic (exact) mass is 837 g/mol. The number of hydrogen-bond acceptors (Lipinski definition) is 5. The number of anilines is 9. The van der Waals surface area contributed by atoms with Gasteiger partial charge in [-0.1, -0.05) is 127 Å². The zero-order valence-corrected chi connectivity index (χ0v) is 36.9. The summed E-state index contributed by atoms with van der Waals surface area (Å²) in [5.41, 5.74) is 19.4. The molecule has 5 heteroatoms. The molecule has 5 nitrogen and oxygen atoms in total. The average molecular weight is 838 g/mol. The van der Waals surface area contributed by atoms with Gasteiger partial charge in [0.2, 0.25) is 0 Å². The maximum Gasteiger partial charge on any atom is 0.137 e. The third kappa shape index (κ3) is 6.99. The van der Waals surface area contributed by atoms with Crippen LogP contribution < -0.4 is 14.7 Å². The smallest absolute Gasteiger partial charge is 0.137 e. The number of rotatable bonds is 9. The maximum atomic E-state index is 5.17. The molecular formula is C60H47N5. The van der Waals surface area contributed by atoms with Gasteiger partial charge in [-0.05, 0) is 145 Å². The molecule has 2 aromatic heterocycles. The summed E-state index contributed by atoms with van der Waals surface area (Å²) in [5, 5.41) is 2.41. The van der Waals surface area contributed by atoms with Crippen LogP contribution in [0.3, 0.4) is 0 Å². The first-order valence-electron chi connectivity index (χ1n) is 22.2. The van der Waals surface area contributed by atoms with Crippen LogP contribution in [-0.4, -0.2) is 9.97 Å². The van der Waals surface area contributed by atoms with E-state index >= 15 is 0 Å². The molecule has 0 aliphatic carbocycles. The van der Waals surface area contributed by atoms with Crippen LogP contribution in [0.15, 0.2) is 213 Å². The van der Waals surface area contributed by atoms with E-state index in [0.29, 0.717) is 0 Å². The Morgan fingerprint density at radius 3 is 1.32 bits per heavy atom. The molecule has 0 saturated carbocycles. The normalized spacial score (nSPS) is 11.7. The molecule has 0 bridgehead atoms. The number of nitrogens with zero attached hydrogens (tertiary/aromatic N) is 5. The van der Waals surface area contributed by atoms with Gasteiger partial charge in [0.1, 0.15) is 11.6 Å². The fourth-order valence-corrected chi connectivity index (χ4v) is 9.54. The Labute approximate surface area is 381 Å². The molecule has 11 rings (SSSR count). The third-order valence-corrected chi connectivity index (χ3v) is 12.8. The molecule has 0 atom stereocenters. The van der Waals surface area contributed by atoms with Crippen LogP contribution in [-0.2, 0) is 0 Å². The molecule has 65 heavy (non-hydrogen) atoms. The molecule has 0 N–H and O–H groups in total. The predicted molar refractivity (Wildman–Crippen MR) is 272 cm³/mol. The van der Waals surface area contributed by atoms with Crippen LogP contribution in [0.5, 0.6) is 0 Å². The molecule has 1 aliphatic rings. The highest BCUT2D eigenvalue weighted by Gasteiger charge is 2.28. The number of hydrogen-bond donors (Lipinski definition) is 0. The highest BCUT2D eigenvalue weighted by Crippen LogP contribution is 2.53. The van der Waals surface area contributed by atoms with E-state index in [2.05, 4.69) is 243 Å². The summed E-state index contributed by atoms with van der Waals surface area (Å²) in [7, 11) is 0. The number of pyridine rings is 2. The van der Waals surface area contributed by atoms with Gasteiger partial charge >= 0.3 is 0 Å². The highest BCUT2D eigenvalue weighted by atomic mass is 15.2. The predicted octanol–water partition coefficient (Wildman–Crippen LogP) is 16.6. The van der Waals surface area contributed by atoms with Crippen LogP contribution >= 0.6 is 0 Å². The van der Waals surface area contributed by atoms with Crippen LogP contribution in [0.4, 0.5) is 51.4 Å². The third-order valence-electron chi connectivity index (χ3n) is 12.8. The van der Waals surface area contributed by atoms with E-state index in [4.69, 9.17) is 9.97 Å². The van der Waals surface area contributed by atoms with Gasteiger partial charge in [0.25, 0.3) is 0 Å². The minimum absolute atomic E-state index is 0.873. The summed E-state index contributed by atoms with van der Waals surface area (Å²) in [5.74, 6) is 1.75. The van der Waals surface area contributed by atoms with Crippen molar-refractivity contribution in [3.63, 3.8) is 0 Å². The summed E-state index contributed by atoms with van der Waals surface area (Å²) >= 11 is 0. The Kier molecular flexibility index (Phi) is 10.0. The fourth-order valence-electron chi connectivity index (χ4n) is 9.54. The van der Waals surface area contributed by atoms with Gasteiger partial charge in [0, 0.05) is 40.2 Å². The summed E-state index contributed by atoms with van der Waals surface area (Å²) in [6.07, 6.45) is 4.04. The molecule has 0 unspecified atom stereocenters. The first-order valence-corrected chi connectivity index (χ1v) is 22.2. The second-order valence-electron chi connectivity index (χ2n) is 16.9. The van der Waals surface area contributed by atoms with E-state index < -0.39 is 0 Å². The summed E-state index contributed by atoms with van der Waals surface area (Å²) in [6, 6.07) is 71.6. The lowest BCUT2D eigenvalue weighted by Crippen LogP contribution is -2.15. The van der Waals surface area contributed by atoms with Crippen molar-refractivity contribution in [2.45, 2.75) is 27.7 Å². The molecule has 3 heterocycles. The van der Waals surface area contributed by atoms with Gasteiger partial charge in [-0.25, -0.2) is 9.97 Å². The van der Waals surface area contributed by atoms with Crippen LogP contribution in [0.1, 0.15) is 22.3 Å². The Morgan fingerprint density at radius 2 is 0.815 bits per heavy atom. The second kappa shape index (κ2) is 16.4. The summed E-state index contributed by atoms with van der Waals surface area (Å²) < 4.78 is 0. The second-order valence-corrected chi connectivity index (χ2v) is 16.9. The fraction of sp³-hybridized carbons (Fsp3) is 0.0667. The SMILES string of the molecule is Cc1ccccc1N(c1ccc(-c2ccc3c(c2)N(c2ccccc2)c2cccc4c(-c5ccc(N(c6ccccc6C)c6ccccc6C)nc5)ccc-3c24)cn1)c1ccccc1C. The zero-order valence-electron chi connectivity index (χ0n) is 36.9. The number of para-hydroxylation sites is 5. The van der Waals surface area contributed by atoms with Crippen molar-refractivity contribution >= 4 is 62.2 Å². The molecule has 0 spiro atoms. The number of fused-ring (bicyclic) bond motifs is 2. The number of aryl methyl sites for hydroxylation is 4. The molecular weight excluding hydrogens is 791 g/mol. The van der Waals surface area contributed by atoms with Crippen molar-refractivity contribution in [3.8, 4) is 33.4 Å². The largest absolute Gasteiger partial charge is 0.309 e. The van der Waals surface area contributed by atoms with Gasteiger partial charge in [-0.2, -0.15) is 0 Å².